The molecule has 3 aliphatic heterocycles. The molecule has 148 valence electrons. The van der Waals surface area contributed by atoms with Gasteiger partial charge in [0, 0.05) is 49.1 Å². The number of aromatic nitrogens is 2. The smallest absolute Gasteiger partial charge is 0.183 e. The normalized spacial score (nSPS) is 26.6. The number of fused-ring (bicyclic) bond motifs is 1. The molecule has 0 N–H and O–H groups in total. The van der Waals surface area contributed by atoms with Crippen molar-refractivity contribution in [3.63, 3.8) is 0 Å². The lowest BCUT2D eigenvalue weighted by molar-refractivity contribution is 0.160. The second kappa shape index (κ2) is 7.58. The van der Waals surface area contributed by atoms with E-state index in [0.29, 0.717) is 28.6 Å². The number of rotatable bonds is 3. The Hall–Kier alpha value is -2.76. The van der Waals surface area contributed by atoms with Gasteiger partial charge in [-0.1, -0.05) is 22.9 Å². The number of benzene rings is 1. The molecule has 4 heterocycles. The average molecular weight is 409 g/mol. The molecule has 0 aliphatic carbocycles. The average Bonchev–Trinajstić information content (AvgIpc) is 3.40. The Kier molecular flexibility index (Phi) is 4.78. The lowest BCUT2D eigenvalue weighted by Gasteiger charge is -2.41. The minimum atomic E-state index is 0.164. The maximum atomic E-state index is 9.33. The molecule has 1 unspecified atom stereocenters. The number of hydrogen-bond donors (Lipinski definition) is 0. The van der Waals surface area contributed by atoms with Crippen LogP contribution in [0.3, 0.4) is 0 Å². The van der Waals surface area contributed by atoms with Crippen LogP contribution < -0.4 is 9.91 Å². The van der Waals surface area contributed by atoms with Crippen LogP contribution in [0, 0.1) is 11.3 Å². The maximum absolute atomic E-state index is 9.33. The number of anilines is 2. The molecule has 1 aromatic heterocycles. The summed E-state index contributed by atoms with van der Waals surface area (Å²) in [6.07, 6.45) is 5.45. The molecule has 2 fully saturated rings. The van der Waals surface area contributed by atoms with Gasteiger partial charge in [-0.05, 0) is 31.0 Å². The van der Waals surface area contributed by atoms with Gasteiger partial charge in [0.15, 0.2) is 11.5 Å². The van der Waals surface area contributed by atoms with Crippen molar-refractivity contribution in [3.8, 4) is 6.07 Å². The molecular formula is C20H21ClN8. The quantitative estimate of drug-likeness (QED) is 0.776. The van der Waals surface area contributed by atoms with Crippen molar-refractivity contribution in [2.75, 3.05) is 36.1 Å². The molecule has 8 nitrogen and oxygen atoms in total. The molecule has 29 heavy (non-hydrogen) atoms. The summed E-state index contributed by atoms with van der Waals surface area (Å²) in [6.45, 7) is 3.41. The van der Waals surface area contributed by atoms with Crippen LogP contribution in [0.25, 0.3) is 0 Å². The van der Waals surface area contributed by atoms with Crippen LogP contribution >= 0.6 is 11.6 Å². The van der Waals surface area contributed by atoms with Gasteiger partial charge >= 0.3 is 0 Å². The molecule has 0 amide bonds. The summed E-state index contributed by atoms with van der Waals surface area (Å²) in [5.74, 6) is 0.700. The lowest BCUT2D eigenvalue weighted by atomic mass is 10.1. The van der Waals surface area contributed by atoms with Gasteiger partial charge in [-0.15, -0.1) is 0 Å². The summed E-state index contributed by atoms with van der Waals surface area (Å²) >= 11 is 6.12. The second-order valence-electron chi connectivity index (χ2n) is 7.66. The summed E-state index contributed by atoms with van der Waals surface area (Å²) in [5.41, 5.74) is 1.38. The van der Waals surface area contributed by atoms with E-state index in [4.69, 9.17) is 11.6 Å². The van der Waals surface area contributed by atoms with Gasteiger partial charge in [0.1, 0.15) is 12.1 Å². The van der Waals surface area contributed by atoms with Crippen LogP contribution in [0.5, 0.6) is 0 Å². The molecule has 0 spiro atoms. The molecule has 3 atom stereocenters. The first-order chi connectivity index (χ1) is 14.2. The first-order valence-corrected chi connectivity index (χ1v) is 10.3. The fourth-order valence-electron chi connectivity index (χ4n) is 4.71. The second-order valence-corrected chi connectivity index (χ2v) is 8.09. The molecule has 3 aliphatic rings. The molecular weight excluding hydrogens is 388 g/mol. The Morgan fingerprint density at radius 1 is 1.10 bits per heavy atom. The fraction of sp³-hybridized carbons (Fsp3) is 0.450. The number of hydrogen-bond acceptors (Lipinski definition) is 8. The zero-order valence-corrected chi connectivity index (χ0v) is 16.7. The van der Waals surface area contributed by atoms with E-state index < -0.39 is 0 Å². The number of nitriles is 1. The molecule has 5 rings (SSSR count). The topological polar surface area (TPSA) is 84.0 Å². The fourth-order valence-corrected chi connectivity index (χ4v) is 4.89. The number of halogens is 1. The van der Waals surface area contributed by atoms with Crippen molar-refractivity contribution >= 4 is 23.1 Å². The third-order valence-electron chi connectivity index (χ3n) is 6.05. The number of nitrogens with zero attached hydrogens (tertiary/aromatic N) is 8. The van der Waals surface area contributed by atoms with Crippen molar-refractivity contribution < 1.29 is 0 Å². The summed E-state index contributed by atoms with van der Waals surface area (Å²) in [6, 6.07) is 10.9. The summed E-state index contributed by atoms with van der Waals surface area (Å²) in [7, 11) is 0. The van der Waals surface area contributed by atoms with Gasteiger partial charge < -0.3 is 4.90 Å². The van der Waals surface area contributed by atoms with E-state index in [0.717, 1.165) is 44.7 Å². The van der Waals surface area contributed by atoms with Crippen LogP contribution in [-0.4, -0.2) is 59.2 Å². The molecule has 2 saturated heterocycles. The first-order valence-electron chi connectivity index (χ1n) is 9.88. The van der Waals surface area contributed by atoms with Crippen LogP contribution in [0.2, 0.25) is 5.02 Å². The van der Waals surface area contributed by atoms with E-state index in [9.17, 15) is 5.26 Å². The van der Waals surface area contributed by atoms with E-state index >= 15 is 0 Å². The zero-order chi connectivity index (χ0) is 19.8. The highest BCUT2D eigenvalue weighted by Gasteiger charge is 2.43. The van der Waals surface area contributed by atoms with E-state index in [2.05, 4.69) is 36.2 Å². The van der Waals surface area contributed by atoms with Gasteiger partial charge in [-0.25, -0.2) is 15.0 Å². The van der Waals surface area contributed by atoms with Crippen LogP contribution in [-0.2, 0) is 0 Å². The highest BCUT2D eigenvalue weighted by atomic mass is 35.5. The molecule has 0 saturated carbocycles. The molecule has 1 aromatic carbocycles. The highest BCUT2D eigenvalue weighted by molar-refractivity contribution is 6.30. The molecule has 0 radical (unpaired) electrons. The van der Waals surface area contributed by atoms with E-state index in [1.165, 1.54) is 0 Å². The van der Waals surface area contributed by atoms with Crippen LogP contribution in [0.15, 0.2) is 47.0 Å². The van der Waals surface area contributed by atoms with Crippen LogP contribution in [0.1, 0.15) is 18.5 Å². The summed E-state index contributed by atoms with van der Waals surface area (Å²) < 4.78 is 0. The molecule has 9 heteroatoms. The minimum absolute atomic E-state index is 0.164. The van der Waals surface area contributed by atoms with E-state index in [-0.39, 0.29) is 6.04 Å². The predicted octanol–water partition coefficient (Wildman–Crippen LogP) is 2.91. The summed E-state index contributed by atoms with van der Waals surface area (Å²) in [5, 5.41) is 21.0. The Morgan fingerprint density at radius 3 is 2.86 bits per heavy atom. The summed E-state index contributed by atoms with van der Waals surface area (Å²) in [4.78, 5) is 13.3. The van der Waals surface area contributed by atoms with E-state index in [1.54, 1.807) is 12.4 Å². The number of piperazine rings is 1. The monoisotopic (exact) mass is 408 g/mol. The molecule has 2 aromatic rings. The standard InChI is InChI=1S/C20H21ClN8/c21-14-2-1-3-15(10-14)29-13-18(25-26-29)19-5-4-16-12-27(8-9-28(16)19)20-17(11-22)23-6-7-24-20/h1-3,6-7,10,16,18-19H,4-5,8-9,12-13H2/t16-,18?,19+/m0/s1. The Bertz CT molecular complexity index is 973. The van der Waals surface area contributed by atoms with Gasteiger partial charge in [0.2, 0.25) is 0 Å². The van der Waals surface area contributed by atoms with Crippen molar-refractivity contribution in [3.05, 3.63) is 47.4 Å². The van der Waals surface area contributed by atoms with Crippen LogP contribution in [0.4, 0.5) is 11.5 Å². The SMILES string of the molecule is N#Cc1nccnc1N1CCN2[C@@H](CC[C@@H]2C2CN(c3cccc(Cl)c3)N=N2)C1. The predicted molar refractivity (Wildman–Crippen MR) is 110 cm³/mol. The van der Waals surface area contributed by atoms with Crippen molar-refractivity contribution in [1.29, 1.82) is 5.26 Å². The highest BCUT2D eigenvalue weighted by Crippen LogP contribution is 2.34. The van der Waals surface area contributed by atoms with Gasteiger partial charge in [0.25, 0.3) is 0 Å². The van der Waals surface area contributed by atoms with Crippen molar-refractivity contribution in [2.24, 2.45) is 10.3 Å². The Labute approximate surface area is 174 Å². The third-order valence-corrected chi connectivity index (χ3v) is 6.29. The Morgan fingerprint density at radius 2 is 2.00 bits per heavy atom. The largest absolute Gasteiger partial charge is 0.351 e. The van der Waals surface area contributed by atoms with Crippen molar-refractivity contribution in [2.45, 2.75) is 31.0 Å². The minimum Gasteiger partial charge on any atom is -0.351 e. The lowest BCUT2D eigenvalue weighted by Crippen LogP contribution is -2.55. The van der Waals surface area contributed by atoms with E-state index in [1.807, 2.05) is 29.3 Å². The van der Waals surface area contributed by atoms with Gasteiger partial charge in [-0.3, -0.25) is 4.90 Å². The van der Waals surface area contributed by atoms with Gasteiger partial charge in [0.05, 0.1) is 12.2 Å². The maximum Gasteiger partial charge on any atom is 0.183 e. The third kappa shape index (κ3) is 3.41. The van der Waals surface area contributed by atoms with Gasteiger partial charge in [-0.2, -0.15) is 10.4 Å². The molecule has 0 bridgehead atoms. The first kappa shape index (κ1) is 18.3. The Balaban J connectivity index is 1.26. The van der Waals surface area contributed by atoms with Crippen molar-refractivity contribution in [1.82, 2.24) is 14.9 Å². The zero-order valence-electron chi connectivity index (χ0n) is 15.9.